The first-order valence-corrected chi connectivity index (χ1v) is 6.53. The van der Waals surface area contributed by atoms with E-state index in [1.54, 1.807) is 12.1 Å². The summed E-state index contributed by atoms with van der Waals surface area (Å²) < 4.78 is 18.4. The first-order chi connectivity index (χ1) is 9.63. The van der Waals surface area contributed by atoms with Gasteiger partial charge in [0.15, 0.2) is 17.4 Å². The molecule has 1 aromatic carbocycles. The van der Waals surface area contributed by atoms with Crippen molar-refractivity contribution in [2.24, 2.45) is 0 Å². The second-order valence-electron chi connectivity index (χ2n) is 4.45. The number of nitrogens with zero attached hydrogens (tertiary/aromatic N) is 2. The molecular formula is C15H18FN3O. The highest BCUT2D eigenvalue weighted by Crippen LogP contribution is 2.24. The molecular weight excluding hydrogens is 257 g/mol. The largest absolute Gasteiger partial charge is 0.494 e. The van der Waals surface area contributed by atoms with Crippen LogP contribution in [0, 0.1) is 12.7 Å². The number of nitrogens with one attached hydrogen (secondary N) is 1. The summed E-state index contributed by atoms with van der Waals surface area (Å²) in [5.74, 6) is 0.383. The van der Waals surface area contributed by atoms with Crippen LogP contribution in [0.1, 0.15) is 18.3 Å². The van der Waals surface area contributed by atoms with Crippen LogP contribution in [0.5, 0.6) is 5.75 Å². The summed E-state index contributed by atoms with van der Waals surface area (Å²) in [5, 5.41) is 3.23. The van der Waals surface area contributed by atoms with Crippen molar-refractivity contribution in [2.45, 2.75) is 20.4 Å². The van der Waals surface area contributed by atoms with E-state index in [0.29, 0.717) is 12.4 Å². The predicted octanol–water partition coefficient (Wildman–Crippen LogP) is 2.71. The molecule has 0 unspecified atom stereocenters. The second kappa shape index (κ2) is 6.43. The van der Waals surface area contributed by atoms with Crippen molar-refractivity contribution < 1.29 is 9.13 Å². The molecule has 0 atom stereocenters. The third-order valence-corrected chi connectivity index (χ3v) is 2.87. The van der Waals surface area contributed by atoms with Crippen LogP contribution in [0.4, 0.5) is 4.39 Å². The average molecular weight is 275 g/mol. The summed E-state index contributed by atoms with van der Waals surface area (Å²) in [6, 6.07) is 6.57. The van der Waals surface area contributed by atoms with Crippen LogP contribution in [-0.4, -0.2) is 23.6 Å². The minimum Gasteiger partial charge on any atom is -0.494 e. The molecule has 5 heteroatoms. The summed E-state index contributed by atoms with van der Waals surface area (Å²) in [6.45, 7) is 5.52. The van der Waals surface area contributed by atoms with Crippen LogP contribution in [0.2, 0.25) is 0 Å². The van der Waals surface area contributed by atoms with Gasteiger partial charge in [-0.3, -0.25) is 0 Å². The van der Waals surface area contributed by atoms with Gasteiger partial charge in [-0.05, 0) is 37.7 Å². The first-order valence-electron chi connectivity index (χ1n) is 6.53. The van der Waals surface area contributed by atoms with Gasteiger partial charge in [0, 0.05) is 17.8 Å². The normalized spacial score (nSPS) is 10.6. The number of halogens is 1. The smallest absolute Gasteiger partial charge is 0.165 e. The molecule has 1 aromatic heterocycles. The van der Waals surface area contributed by atoms with Gasteiger partial charge < -0.3 is 10.1 Å². The summed E-state index contributed by atoms with van der Waals surface area (Å²) in [5.41, 5.74) is 2.54. The van der Waals surface area contributed by atoms with E-state index in [1.807, 2.05) is 19.9 Å². The fourth-order valence-corrected chi connectivity index (χ4v) is 1.91. The molecule has 4 nitrogen and oxygen atoms in total. The van der Waals surface area contributed by atoms with E-state index in [9.17, 15) is 4.39 Å². The number of methoxy groups -OCH3 is 1. The Balaban J connectivity index is 2.38. The maximum Gasteiger partial charge on any atom is 0.165 e. The van der Waals surface area contributed by atoms with Gasteiger partial charge in [-0.15, -0.1) is 0 Å². The summed E-state index contributed by atoms with van der Waals surface area (Å²) in [4.78, 5) is 8.90. The van der Waals surface area contributed by atoms with Crippen molar-refractivity contribution in [3.05, 3.63) is 41.5 Å². The van der Waals surface area contributed by atoms with E-state index in [-0.39, 0.29) is 5.75 Å². The van der Waals surface area contributed by atoms with E-state index < -0.39 is 5.82 Å². The molecule has 1 N–H and O–H groups in total. The van der Waals surface area contributed by atoms with Crippen LogP contribution >= 0.6 is 0 Å². The molecule has 0 spiro atoms. The molecule has 1 heterocycles. The monoisotopic (exact) mass is 275 g/mol. The molecule has 20 heavy (non-hydrogen) atoms. The first kappa shape index (κ1) is 14.4. The summed E-state index contributed by atoms with van der Waals surface area (Å²) in [7, 11) is 1.44. The number of rotatable bonds is 5. The lowest BCUT2D eigenvalue weighted by Gasteiger charge is -2.08. The standard InChI is InChI=1S/C15H18FN3O/c1-4-17-9-12-7-10(2)18-15(19-12)11-5-6-13(16)14(8-11)20-3/h5-8,17H,4,9H2,1-3H3. The molecule has 0 amide bonds. The van der Waals surface area contributed by atoms with E-state index in [1.165, 1.54) is 13.2 Å². The van der Waals surface area contributed by atoms with Gasteiger partial charge in [0.05, 0.1) is 12.8 Å². The lowest BCUT2D eigenvalue weighted by Crippen LogP contribution is -2.13. The zero-order chi connectivity index (χ0) is 14.5. The number of aryl methyl sites for hydroxylation is 1. The van der Waals surface area contributed by atoms with Crippen LogP contribution < -0.4 is 10.1 Å². The van der Waals surface area contributed by atoms with Crippen LogP contribution in [0.15, 0.2) is 24.3 Å². The molecule has 0 saturated carbocycles. The number of hydrogen-bond donors (Lipinski definition) is 1. The highest BCUT2D eigenvalue weighted by molar-refractivity contribution is 5.58. The predicted molar refractivity (Wildman–Crippen MR) is 76.1 cm³/mol. The van der Waals surface area contributed by atoms with Crippen molar-refractivity contribution in [1.29, 1.82) is 0 Å². The SMILES string of the molecule is CCNCc1cc(C)nc(-c2ccc(F)c(OC)c2)n1. The molecule has 0 aliphatic carbocycles. The molecule has 0 bridgehead atoms. The van der Waals surface area contributed by atoms with Crippen molar-refractivity contribution in [1.82, 2.24) is 15.3 Å². The minimum absolute atomic E-state index is 0.195. The van der Waals surface area contributed by atoms with Crippen LogP contribution in [-0.2, 0) is 6.54 Å². The lowest BCUT2D eigenvalue weighted by molar-refractivity contribution is 0.386. The maximum absolute atomic E-state index is 13.4. The zero-order valence-electron chi connectivity index (χ0n) is 11.9. The van der Waals surface area contributed by atoms with Gasteiger partial charge in [0.2, 0.25) is 0 Å². The Morgan fingerprint density at radius 1 is 1.25 bits per heavy atom. The quantitative estimate of drug-likeness (QED) is 0.911. The minimum atomic E-state index is -0.392. The molecule has 2 aromatic rings. The van der Waals surface area contributed by atoms with Crippen molar-refractivity contribution in [2.75, 3.05) is 13.7 Å². The van der Waals surface area contributed by atoms with E-state index in [4.69, 9.17) is 4.74 Å². The topological polar surface area (TPSA) is 47.0 Å². The summed E-state index contributed by atoms with van der Waals surface area (Å²) >= 11 is 0. The van der Waals surface area contributed by atoms with Crippen molar-refractivity contribution in [3.63, 3.8) is 0 Å². The fourth-order valence-electron chi connectivity index (χ4n) is 1.91. The van der Waals surface area contributed by atoms with E-state index in [0.717, 1.165) is 23.5 Å². The van der Waals surface area contributed by atoms with Gasteiger partial charge in [-0.1, -0.05) is 6.92 Å². The maximum atomic E-state index is 13.4. The molecule has 106 valence electrons. The number of ether oxygens (including phenoxy) is 1. The Hall–Kier alpha value is -2.01. The third-order valence-electron chi connectivity index (χ3n) is 2.87. The molecule has 2 rings (SSSR count). The highest BCUT2D eigenvalue weighted by atomic mass is 19.1. The molecule has 0 radical (unpaired) electrons. The zero-order valence-corrected chi connectivity index (χ0v) is 11.9. The van der Waals surface area contributed by atoms with Crippen molar-refractivity contribution in [3.8, 4) is 17.1 Å². The highest BCUT2D eigenvalue weighted by Gasteiger charge is 2.09. The Bertz CT molecular complexity index is 602. The van der Waals surface area contributed by atoms with Crippen molar-refractivity contribution >= 4 is 0 Å². The Labute approximate surface area is 118 Å². The lowest BCUT2D eigenvalue weighted by atomic mass is 10.2. The van der Waals surface area contributed by atoms with Crippen LogP contribution in [0.3, 0.4) is 0 Å². The Morgan fingerprint density at radius 3 is 2.75 bits per heavy atom. The Morgan fingerprint density at radius 2 is 2.05 bits per heavy atom. The van der Waals surface area contributed by atoms with Gasteiger partial charge in [-0.25, -0.2) is 14.4 Å². The molecule has 0 aliphatic heterocycles. The fraction of sp³-hybridized carbons (Fsp3) is 0.333. The second-order valence-corrected chi connectivity index (χ2v) is 4.45. The number of benzene rings is 1. The van der Waals surface area contributed by atoms with E-state index in [2.05, 4.69) is 15.3 Å². The van der Waals surface area contributed by atoms with Gasteiger partial charge in [0.1, 0.15) is 0 Å². The van der Waals surface area contributed by atoms with Gasteiger partial charge in [-0.2, -0.15) is 0 Å². The molecule has 0 saturated heterocycles. The van der Waals surface area contributed by atoms with Gasteiger partial charge >= 0.3 is 0 Å². The molecule has 0 fully saturated rings. The average Bonchev–Trinajstić information content (AvgIpc) is 2.45. The Kier molecular flexibility index (Phi) is 4.63. The number of hydrogen-bond acceptors (Lipinski definition) is 4. The third kappa shape index (κ3) is 3.30. The van der Waals surface area contributed by atoms with Crippen LogP contribution in [0.25, 0.3) is 11.4 Å². The van der Waals surface area contributed by atoms with Gasteiger partial charge in [0.25, 0.3) is 0 Å². The molecule has 0 aliphatic rings. The summed E-state index contributed by atoms with van der Waals surface area (Å²) in [6.07, 6.45) is 0. The van der Waals surface area contributed by atoms with E-state index >= 15 is 0 Å². The number of aromatic nitrogens is 2.